The zero-order valence-corrected chi connectivity index (χ0v) is 18.1. The number of ether oxygens (including phenoxy) is 2. The van der Waals surface area contributed by atoms with Gasteiger partial charge in [0.05, 0.1) is 26.4 Å². The molecule has 0 bridgehead atoms. The monoisotopic (exact) mass is 412 g/mol. The number of aromatic hydroxyl groups is 1. The molecule has 6 heteroatoms. The highest BCUT2D eigenvalue weighted by atomic mass is 16.5. The number of carbonyl (C=O) groups excluding carboxylic acids is 1. The van der Waals surface area contributed by atoms with Gasteiger partial charge < -0.3 is 19.5 Å². The number of amides is 1. The quantitative estimate of drug-likeness (QED) is 0.721. The molecule has 6 nitrogen and oxygen atoms in total. The summed E-state index contributed by atoms with van der Waals surface area (Å²) >= 11 is 0. The van der Waals surface area contributed by atoms with Gasteiger partial charge in [0.15, 0.2) is 0 Å². The first kappa shape index (κ1) is 22.1. The molecule has 1 amide bonds. The molecule has 1 fully saturated rings. The molecule has 0 aliphatic carbocycles. The fourth-order valence-electron chi connectivity index (χ4n) is 3.73. The summed E-state index contributed by atoms with van der Waals surface area (Å²) in [6.07, 6.45) is -0.0847. The van der Waals surface area contributed by atoms with Crippen LogP contribution in [0.5, 0.6) is 11.5 Å². The van der Waals surface area contributed by atoms with Crippen molar-refractivity contribution in [2.24, 2.45) is 5.92 Å². The SMILES string of the molecule is COc1cccc(CO[C@@H]2CN(Cc3ccc(O)cc3)CC(=O)N(CC(C)C)C2)c1. The van der Waals surface area contributed by atoms with Gasteiger partial charge in [-0.25, -0.2) is 0 Å². The van der Waals surface area contributed by atoms with Gasteiger partial charge in [-0.3, -0.25) is 9.69 Å². The van der Waals surface area contributed by atoms with E-state index < -0.39 is 0 Å². The molecule has 2 aromatic rings. The minimum atomic E-state index is -0.0847. The number of phenols is 1. The highest BCUT2D eigenvalue weighted by Crippen LogP contribution is 2.18. The van der Waals surface area contributed by atoms with Crippen molar-refractivity contribution in [1.82, 2.24) is 9.80 Å². The average molecular weight is 413 g/mol. The third-order valence-corrected chi connectivity index (χ3v) is 5.15. The maximum absolute atomic E-state index is 12.9. The van der Waals surface area contributed by atoms with Crippen LogP contribution < -0.4 is 4.74 Å². The van der Waals surface area contributed by atoms with Gasteiger partial charge in [-0.05, 0) is 41.3 Å². The van der Waals surface area contributed by atoms with Crippen molar-refractivity contribution in [1.29, 1.82) is 0 Å². The second kappa shape index (κ2) is 10.5. The van der Waals surface area contributed by atoms with Crippen LogP contribution in [-0.4, -0.2) is 60.2 Å². The summed E-state index contributed by atoms with van der Waals surface area (Å²) < 4.78 is 11.6. The van der Waals surface area contributed by atoms with E-state index in [4.69, 9.17) is 9.47 Å². The van der Waals surface area contributed by atoms with Crippen molar-refractivity contribution in [3.05, 3.63) is 59.7 Å². The summed E-state index contributed by atoms with van der Waals surface area (Å²) in [6.45, 7) is 7.71. The summed E-state index contributed by atoms with van der Waals surface area (Å²) in [5, 5.41) is 9.52. The number of methoxy groups -OCH3 is 1. The van der Waals surface area contributed by atoms with E-state index in [9.17, 15) is 9.90 Å². The fourth-order valence-corrected chi connectivity index (χ4v) is 3.73. The zero-order chi connectivity index (χ0) is 21.5. The van der Waals surface area contributed by atoms with E-state index in [0.717, 1.165) is 23.4 Å². The summed E-state index contributed by atoms with van der Waals surface area (Å²) in [4.78, 5) is 16.9. The molecule has 0 unspecified atom stereocenters. The van der Waals surface area contributed by atoms with Gasteiger partial charge in [-0.1, -0.05) is 38.1 Å². The minimum absolute atomic E-state index is 0.0847. The third kappa shape index (κ3) is 6.47. The van der Waals surface area contributed by atoms with Crippen LogP contribution in [0.2, 0.25) is 0 Å². The van der Waals surface area contributed by atoms with E-state index in [2.05, 4.69) is 18.7 Å². The van der Waals surface area contributed by atoms with Gasteiger partial charge in [0.2, 0.25) is 5.91 Å². The topological polar surface area (TPSA) is 62.2 Å². The fraction of sp³-hybridized carbons (Fsp3) is 0.458. The predicted molar refractivity (Wildman–Crippen MR) is 116 cm³/mol. The minimum Gasteiger partial charge on any atom is -0.508 e. The van der Waals surface area contributed by atoms with E-state index in [1.54, 1.807) is 19.2 Å². The molecule has 1 N–H and O–H groups in total. The Balaban J connectivity index is 1.70. The molecule has 0 saturated carbocycles. The molecule has 0 aromatic heterocycles. The maximum atomic E-state index is 12.9. The Bertz CT molecular complexity index is 822. The van der Waals surface area contributed by atoms with Gasteiger partial charge in [-0.15, -0.1) is 0 Å². The summed E-state index contributed by atoms with van der Waals surface area (Å²) in [6, 6.07) is 15.0. The lowest BCUT2D eigenvalue weighted by Gasteiger charge is -2.26. The second-order valence-electron chi connectivity index (χ2n) is 8.31. The molecule has 2 aromatic carbocycles. The average Bonchev–Trinajstić information content (AvgIpc) is 2.86. The summed E-state index contributed by atoms with van der Waals surface area (Å²) in [5.74, 6) is 1.59. The molecule has 0 radical (unpaired) electrons. The largest absolute Gasteiger partial charge is 0.508 e. The van der Waals surface area contributed by atoms with Crippen LogP contribution >= 0.6 is 0 Å². The normalized spacial score (nSPS) is 17.9. The van der Waals surface area contributed by atoms with Crippen LogP contribution in [0.15, 0.2) is 48.5 Å². The lowest BCUT2D eigenvalue weighted by atomic mass is 10.2. The Morgan fingerprint density at radius 3 is 2.57 bits per heavy atom. The van der Waals surface area contributed by atoms with E-state index in [-0.39, 0.29) is 17.8 Å². The molecule has 30 heavy (non-hydrogen) atoms. The van der Waals surface area contributed by atoms with Crippen LogP contribution in [0.3, 0.4) is 0 Å². The lowest BCUT2D eigenvalue weighted by Crippen LogP contribution is -2.40. The van der Waals surface area contributed by atoms with Crippen LogP contribution in [0.4, 0.5) is 0 Å². The Kier molecular flexibility index (Phi) is 7.71. The van der Waals surface area contributed by atoms with Crippen molar-refractivity contribution in [2.75, 3.05) is 33.3 Å². The Hall–Kier alpha value is -2.57. The van der Waals surface area contributed by atoms with Gasteiger partial charge in [0.1, 0.15) is 11.5 Å². The van der Waals surface area contributed by atoms with Gasteiger partial charge in [0, 0.05) is 26.2 Å². The van der Waals surface area contributed by atoms with Crippen molar-refractivity contribution >= 4 is 5.91 Å². The molecule has 1 aliphatic rings. The molecule has 162 valence electrons. The molecule has 3 rings (SSSR count). The first-order chi connectivity index (χ1) is 14.4. The molecule has 1 saturated heterocycles. The highest BCUT2D eigenvalue weighted by Gasteiger charge is 2.28. The Morgan fingerprint density at radius 2 is 1.87 bits per heavy atom. The van der Waals surface area contributed by atoms with E-state index in [0.29, 0.717) is 38.7 Å². The number of benzene rings is 2. The lowest BCUT2D eigenvalue weighted by molar-refractivity contribution is -0.132. The second-order valence-corrected chi connectivity index (χ2v) is 8.31. The van der Waals surface area contributed by atoms with Gasteiger partial charge in [0.25, 0.3) is 0 Å². The predicted octanol–water partition coefficient (Wildman–Crippen LogP) is 3.29. The number of nitrogens with zero attached hydrogens (tertiary/aromatic N) is 2. The molecular formula is C24H32N2O4. The Labute approximate surface area is 179 Å². The molecular weight excluding hydrogens is 380 g/mol. The van der Waals surface area contributed by atoms with E-state index >= 15 is 0 Å². The van der Waals surface area contributed by atoms with Gasteiger partial charge in [-0.2, -0.15) is 0 Å². The molecule has 1 aliphatic heterocycles. The van der Waals surface area contributed by atoms with Crippen LogP contribution in [0.1, 0.15) is 25.0 Å². The van der Waals surface area contributed by atoms with Crippen molar-refractivity contribution < 1.29 is 19.4 Å². The number of carbonyl (C=O) groups is 1. The highest BCUT2D eigenvalue weighted by molar-refractivity contribution is 5.78. The zero-order valence-electron chi connectivity index (χ0n) is 18.1. The smallest absolute Gasteiger partial charge is 0.236 e. The standard InChI is InChI=1S/C24H32N2O4/c1-18(2)12-26-15-23(30-17-20-5-4-6-22(11-20)29-3)14-25(16-24(26)28)13-19-7-9-21(27)10-8-19/h4-11,18,23,27H,12-17H2,1-3H3/t23-/m1/s1. The van der Waals surface area contributed by atoms with Crippen molar-refractivity contribution in [3.63, 3.8) is 0 Å². The number of rotatable bonds is 8. The third-order valence-electron chi connectivity index (χ3n) is 5.15. The van der Waals surface area contributed by atoms with Crippen molar-refractivity contribution in [2.45, 2.75) is 33.1 Å². The first-order valence-electron chi connectivity index (χ1n) is 10.5. The van der Waals surface area contributed by atoms with E-state index in [1.807, 2.05) is 41.3 Å². The number of hydrogen-bond donors (Lipinski definition) is 1. The van der Waals surface area contributed by atoms with Crippen LogP contribution in [-0.2, 0) is 22.7 Å². The van der Waals surface area contributed by atoms with E-state index in [1.165, 1.54) is 0 Å². The molecule has 0 spiro atoms. The molecule has 1 heterocycles. The van der Waals surface area contributed by atoms with Crippen molar-refractivity contribution in [3.8, 4) is 11.5 Å². The number of hydrogen-bond acceptors (Lipinski definition) is 5. The first-order valence-corrected chi connectivity index (χ1v) is 10.5. The number of phenolic OH excluding ortho intramolecular Hbond substituents is 1. The van der Waals surface area contributed by atoms with Crippen LogP contribution in [0, 0.1) is 5.92 Å². The van der Waals surface area contributed by atoms with Crippen LogP contribution in [0.25, 0.3) is 0 Å². The molecule has 1 atom stereocenters. The summed E-state index contributed by atoms with van der Waals surface area (Å²) in [7, 11) is 1.65. The van der Waals surface area contributed by atoms with Gasteiger partial charge >= 0.3 is 0 Å². The summed E-state index contributed by atoms with van der Waals surface area (Å²) in [5.41, 5.74) is 2.11. The Morgan fingerprint density at radius 1 is 1.10 bits per heavy atom. The maximum Gasteiger partial charge on any atom is 0.236 e.